The zero-order valence-corrected chi connectivity index (χ0v) is 15.0. The smallest absolute Gasteiger partial charge is 0.408 e. The van der Waals surface area contributed by atoms with Crippen LogP contribution < -0.4 is 11.1 Å². The Morgan fingerprint density at radius 3 is 2.76 bits per heavy atom. The molecule has 0 fully saturated rings. The molecule has 1 amide bonds. The van der Waals surface area contributed by atoms with Crippen LogP contribution in [-0.2, 0) is 11.3 Å². The van der Waals surface area contributed by atoms with Gasteiger partial charge in [0.2, 0.25) is 5.91 Å². The van der Waals surface area contributed by atoms with Crippen molar-refractivity contribution >= 4 is 40.2 Å². The molecule has 2 aromatic carbocycles. The van der Waals surface area contributed by atoms with Crippen LogP contribution in [0.4, 0.5) is 0 Å². The van der Waals surface area contributed by atoms with E-state index in [2.05, 4.69) is 5.32 Å². The van der Waals surface area contributed by atoms with Crippen LogP contribution in [0.15, 0.2) is 51.7 Å². The summed E-state index contributed by atoms with van der Waals surface area (Å²) in [7, 11) is 0. The normalized spacial score (nSPS) is 12.3. The molecule has 0 unspecified atom stereocenters. The van der Waals surface area contributed by atoms with E-state index >= 15 is 0 Å². The molecule has 1 heterocycles. The molecule has 1 N–H and O–H groups in total. The SMILES string of the molecule is C[C@H](NC(=O)CCn1c(=O)oc2ccccc21)c1ccc(Cl)cc1Cl. The van der Waals surface area contributed by atoms with Crippen LogP contribution >= 0.6 is 23.2 Å². The first-order valence-corrected chi connectivity index (χ1v) is 8.54. The average molecular weight is 379 g/mol. The molecule has 1 aromatic heterocycles. The van der Waals surface area contributed by atoms with Crippen molar-refractivity contribution in [2.75, 3.05) is 0 Å². The molecule has 0 aliphatic rings. The van der Waals surface area contributed by atoms with Crippen molar-refractivity contribution in [1.29, 1.82) is 0 Å². The first kappa shape index (κ1) is 17.6. The van der Waals surface area contributed by atoms with Crippen LogP contribution in [0.1, 0.15) is 24.9 Å². The van der Waals surface area contributed by atoms with Crippen molar-refractivity contribution in [3.8, 4) is 0 Å². The van der Waals surface area contributed by atoms with E-state index in [0.29, 0.717) is 21.1 Å². The van der Waals surface area contributed by atoms with Crippen LogP contribution in [0, 0.1) is 0 Å². The number of carbonyl (C=O) groups excluding carboxylic acids is 1. The predicted octanol–water partition coefficient (Wildman–Crippen LogP) is 4.17. The van der Waals surface area contributed by atoms with Crippen molar-refractivity contribution in [3.05, 3.63) is 68.6 Å². The van der Waals surface area contributed by atoms with Gasteiger partial charge in [-0.05, 0) is 36.8 Å². The third-order valence-electron chi connectivity index (χ3n) is 3.94. The molecule has 0 aliphatic heterocycles. The van der Waals surface area contributed by atoms with Gasteiger partial charge >= 0.3 is 5.76 Å². The van der Waals surface area contributed by atoms with E-state index in [1.54, 1.807) is 36.4 Å². The second-order valence-electron chi connectivity index (χ2n) is 5.69. The van der Waals surface area contributed by atoms with Gasteiger partial charge in [-0.3, -0.25) is 9.36 Å². The number of oxazole rings is 1. The number of fused-ring (bicyclic) bond motifs is 1. The summed E-state index contributed by atoms with van der Waals surface area (Å²) in [5.41, 5.74) is 1.97. The van der Waals surface area contributed by atoms with E-state index in [4.69, 9.17) is 27.6 Å². The maximum absolute atomic E-state index is 12.2. The van der Waals surface area contributed by atoms with Gasteiger partial charge in [-0.15, -0.1) is 0 Å². The highest BCUT2D eigenvalue weighted by molar-refractivity contribution is 6.35. The number of hydrogen-bond acceptors (Lipinski definition) is 3. The number of aromatic nitrogens is 1. The Morgan fingerprint density at radius 2 is 2.00 bits per heavy atom. The molecule has 7 heteroatoms. The molecule has 3 aromatic rings. The standard InChI is InChI=1S/C18H16Cl2N2O3/c1-11(13-7-6-12(19)10-14(13)20)21-17(23)8-9-22-15-4-2-3-5-16(15)25-18(22)24/h2-7,10-11H,8-9H2,1H3,(H,21,23)/t11-/m0/s1. The Bertz CT molecular complexity index is 978. The highest BCUT2D eigenvalue weighted by Crippen LogP contribution is 2.26. The lowest BCUT2D eigenvalue weighted by molar-refractivity contribution is -0.121. The van der Waals surface area contributed by atoms with Crippen molar-refractivity contribution in [2.45, 2.75) is 25.9 Å². The Morgan fingerprint density at radius 1 is 1.24 bits per heavy atom. The van der Waals surface area contributed by atoms with Crippen LogP contribution in [0.3, 0.4) is 0 Å². The summed E-state index contributed by atoms with van der Waals surface area (Å²) >= 11 is 12.0. The van der Waals surface area contributed by atoms with Crippen LogP contribution in [0.5, 0.6) is 0 Å². The quantitative estimate of drug-likeness (QED) is 0.724. The molecule has 1 atom stereocenters. The fourth-order valence-electron chi connectivity index (χ4n) is 2.68. The topological polar surface area (TPSA) is 64.2 Å². The number of aryl methyl sites for hydroxylation is 1. The van der Waals surface area contributed by atoms with Gasteiger partial charge in [-0.1, -0.05) is 41.4 Å². The molecule has 0 spiro atoms. The number of para-hydroxylation sites is 2. The first-order valence-electron chi connectivity index (χ1n) is 7.78. The molecule has 3 rings (SSSR count). The van der Waals surface area contributed by atoms with Gasteiger partial charge < -0.3 is 9.73 Å². The van der Waals surface area contributed by atoms with E-state index in [1.807, 2.05) is 13.0 Å². The van der Waals surface area contributed by atoms with E-state index in [9.17, 15) is 9.59 Å². The van der Waals surface area contributed by atoms with Crippen molar-refractivity contribution in [3.63, 3.8) is 0 Å². The highest BCUT2D eigenvalue weighted by Gasteiger charge is 2.14. The van der Waals surface area contributed by atoms with E-state index in [1.165, 1.54) is 4.57 Å². The Kier molecular flexibility index (Phi) is 5.16. The molecular weight excluding hydrogens is 363 g/mol. The summed E-state index contributed by atoms with van der Waals surface area (Å²) in [5.74, 6) is -0.654. The minimum atomic E-state index is -0.470. The van der Waals surface area contributed by atoms with Gasteiger partial charge in [0.25, 0.3) is 0 Å². The largest absolute Gasteiger partial charge is 0.419 e. The molecule has 5 nitrogen and oxygen atoms in total. The summed E-state index contributed by atoms with van der Waals surface area (Å²) in [5, 5.41) is 3.91. The third kappa shape index (κ3) is 3.89. The zero-order chi connectivity index (χ0) is 18.0. The fourth-order valence-corrected chi connectivity index (χ4v) is 3.26. The van der Waals surface area contributed by atoms with Gasteiger partial charge in [0.15, 0.2) is 5.58 Å². The number of rotatable bonds is 5. The molecule has 25 heavy (non-hydrogen) atoms. The van der Waals surface area contributed by atoms with Gasteiger partial charge in [0, 0.05) is 23.0 Å². The first-order chi connectivity index (χ1) is 12.0. The predicted molar refractivity (Wildman–Crippen MR) is 98.1 cm³/mol. The summed E-state index contributed by atoms with van der Waals surface area (Å²) in [6.07, 6.45) is 0.152. The summed E-state index contributed by atoms with van der Waals surface area (Å²) in [4.78, 5) is 24.1. The van der Waals surface area contributed by atoms with Gasteiger partial charge in [-0.2, -0.15) is 0 Å². The molecular formula is C18H16Cl2N2O3. The minimum Gasteiger partial charge on any atom is -0.408 e. The number of hydrogen-bond donors (Lipinski definition) is 1. The van der Waals surface area contributed by atoms with E-state index in [0.717, 1.165) is 5.56 Å². The second kappa shape index (κ2) is 7.33. The monoisotopic (exact) mass is 378 g/mol. The number of carbonyl (C=O) groups is 1. The number of nitrogens with zero attached hydrogens (tertiary/aromatic N) is 1. The summed E-state index contributed by atoms with van der Waals surface area (Å²) < 4.78 is 6.61. The lowest BCUT2D eigenvalue weighted by Crippen LogP contribution is -2.28. The molecule has 0 radical (unpaired) electrons. The van der Waals surface area contributed by atoms with E-state index in [-0.39, 0.29) is 24.9 Å². The molecule has 0 bridgehead atoms. The number of nitrogens with one attached hydrogen (secondary N) is 1. The van der Waals surface area contributed by atoms with Crippen LogP contribution in [0.25, 0.3) is 11.1 Å². The summed E-state index contributed by atoms with van der Waals surface area (Å²) in [6, 6.07) is 12.0. The van der Waals surface area contributed by atoms with E-state index < -0.39 is 5.76 Å². The molecule has 130 valence electrons. The number of benzene rings is 2. The lowest BCUT2D eigenvalue weighted by Gasteiger charge is -2.16. The van der Waals surface area contributed by atoms with Crippen LogP contribution in [-0.4, -0.2) is 10.5 Å². The maximum atomic E-state index is 12.2. The second-order valence-corrected chi connectivity index (χ2v) is 6.54. The van der Waals surface area contributed by atoms with Crippen molar-refractivity contribution < 1.29 is 9.21 Å². The van der Waals surface area contributed by atoms with Crippen molar-refractivity contribution in [1.82, 2.24) is 9.88 Å². The molecule has 0 saturated carbocycles. The molecule has 0 saturated heterocycles. The van der Waals surface area contributed by atoms with Crippen LogP contribution in [0.2, 0.25) is 10.0 Å². The third-order valence-corrected chi connectivity index (χ3v) is 4.51. The molecule has 0 aliphatic carbocycles. The fraction of sp³-hybridized carbons (Fsp3) is 0.222. The minimum absolute atomic E-state index is 0.152. The van der Waals surface area contributed by atoms with Gasteiger partial charge in [0.05, 0.1) is 11.6 Å². The lowest BCUT2D eigenvalue weighted by atomic mass is 10.1. The highest BCUT2D eigenvalue weighted by atomic mass is 35.5. The maximum Gasteiger partial charge on any atom is 0.419 e. The van der Waals surface area contributed by atoms with Crippen molar-refractivity contribution in [2.24, 2.45) is 0 Å². The number of halogens is 2. The zero-order valence-electron chi connectivity index (χ0n) is 13.5. The van der Waals surface area contributed by atoms with Gasteiger partial charge in [-0.25, -0.2) is 4.79 Å². The average Bonchev–Trinajstić information content (AvgIpc) is 2.88. The number of amides is 1. The van der Waals surface area contributed by atoms with Gasteiger partial charge in [0.1, 0.15) is 0 Å². The summed E-state index contributed by atoms with van der Waals surface area (Å²) in [6.45, 7) is 2.08. The Labute approximate surface area is 154 Å². The Balaban J connectivity index is 1.66. The Hall–Kier alpha value is -2.24.